The minimum Gasteiger partial charge on any atom is -0.456 e. The summed E-state index contributed by atoms with van der Waals surface area (Å²) in [6, 6.07) is 63.6. The second-order valence-corrected chi connectivity index (χ2v) is 40.0. The Bertz CT molecular complexity index is 5640. The molecule has 774 valence electrons. The summed E-state index contributed by atoms with van der Waals surface area (Å²) in [6.45, 7) is 33.0. The lowest BCUT2D eigenvalue weighted by molar-refractivity contribution is -0.126. The zero-order chi connectivity index (χ0) is 107. The third-order valence-corrected chi connectivity index (χ3v) is 28.9. The maximum atomic E-state index is 11.6. The molecule has 2 saturated heterocycles. The van der Waals surface area contributed by atoms with Crippen LogP contribution in [0.2, 0.25) is 0 Å². The van der Waals surface area contributed by atoms with Crippen LogP contribution in [0.1, 0.15) is 180 Å². The van der Waals surface area contributed by atoms with Crippen LogP contribution in [-0.4, -0.2) is 258 Å². The van der Waals surface area contributed by atoms with E-state index in [0.717, 1.165) is 161 Å². The first kappa shape index (κ1) is 124. The van der Waals surface area contributed by atoms with Gasteiger partial charge in [0.15, 0.2) is 0 Å². The number of furan rings is 2. The summed E-state index contributed by atoms with van der Waals surface area (Å²) in [5.41, 5.74) is 10.7. The fourth-order valence-corrected chi connectivity index (χ4v) is 17.3. The van der Waals surface area contributed by atoms with E-state index in [2.05, 4.69) is 162 Å². The van der Waals surface area contributed by atoms with Crippen LogP contribution in [0.25, 0.3) is 66.5 Å². The second kappa shape index (κ2) is 61.0. The largest absolute Gasteiger partial charge is 0.456 e. The summed E-state index contributed by atoms with van der Waals surface area (Å²) in [5, 5.41) is 24.3. The maximum Gasteiger partial charge on any atom is 0.149 e. The Kier molecular flexibility index (Phi) is 53.2. The molecule has 8 atom stereocenters. The van der Waals surface area contributed by atoms with Crippen molar-refractivity contribution in [2.75, 3.05) is 116 Å². The predicted octanol–water partition coefficient (Wildman–Crippen LogP) is 18.9. The van der Waals surface area contributed by atoms with E-state index in [9.17, 15) is 52.7 Å². The Morgan fingerprint density at radius 3 is 1.30 bits per heavy atom. The molecule has 0 bridgehead atoms. The predicted molar refractivity (Wildman–Crippen MR) is 586 cm³/mol. The number of Topliss-reactive ketones (excluding diaryl/α,β-unsaturated/α-hetero) is 11. The Morgan fingerprint density at radius 1 is 0.500 bits per heavy atom. The molecule has 2 aromatic heterocycles. The monoisotopic (exact) mass is 1990 g/mol. The first-order chi connectivity index (χ1) is 67.0. The summed E-state index contributed by atoms with van der Waals surface area (Å²) in [6.07, 6.45) is 8.06. The van der Waals surface area contributed by atoms with Gasteiger partial charge >= 0.3 is 0 Å². The number of likely N-dealkylation sites (tertiary alicyclic amines) is 1. The van der Waals surface area contributed by atoms with Gasteiger partial charge in [-0.1, -0.05) is 177 Å². The number of nitrogens with one attached hydrogen (secondary N) is 7. The number of carbonyl (C=O) groups is 11. The van der Waals surface area contributed by atoms with Gasteiger partial charge in [-0.05, 0) is 331 Å². The van der Waals surface area contributed by atoms with Crippen LogP contribution in [0.3, 0.4) is 0 Å². The normalized spacial score (nSPS) is 16.0. The molecule has 25 nitrogen and oxygen atoms in total. The van der Waals surface area contributed by atoms with E-state index in [4.69, 9.17) is 13.6 Å². The molecule has 8 aromatic carbocycles. The van der Waals surface area contributed by atoms with Crippen LogP contribution in [0.5, 0.6) is 11.5 Å². The number of rotatable bonds is 31. The molecule has 27 heteroatoms. The Hall–Kier alpha value is -10.5. The standard InChI is InChI=1S/C23H21NO2S.C23H21NO2.C19H19NO2.C8H15NO.C7H15NO.C6H11NOS.C6H11NO.3C6H13NO.C5H11NO/c1-15(25)19(24-2)14-16-10-12-17(13-11-16)18-6-5-9-22-23(18)26-20-7-3-4-8-21(20)27-22;1-15(25)21(24-2)14-16-10-12-17(13-11-16)18-7-5-8-20-19-6-3-4-9-22(19)26-23(18)20;1-13(21)17(20-2)11-14-7-9-15(10-8-14)19-12-16-5-3-4-6-18(16)22-19;1-7(10)8(2)5-4-6-9(8)3;1-5-7(3,8-4)6(2)9;1-5(8)6-3-9-4-7(6)2;1-5(8)6(7-2)3-4-6;1-5(6(2)8)7(3)4;1-5(8)6(2,3)7-4;1-4-6(7-3)5(2)8;1-5(7)4-6(2)3/h3-13,19,24H,14H2,1-2H3;3-13,21,24H,14H2,1-2H3;3-10,12,17,20H,11H2,1-2H3;4-6H2,1-3H3;8H,5H2,1-4H3;6H,3-4H2,1-2H3;7H,3-4H2,1-2H3;5H,1-4H3;7H,1-4H3;6-7H,4H2,1-3H3;4H2,1-3H3/t19-;21-;17-;8-;7-;6-;;5-;;6-;/m000100.0.0./s1. The van der Waals surface area contributed by atoms with Crippen LogP contribution >= 0.6 is 23.5 Å². The number of benzene rings is 8. The molecule has 1 saturated carbocycles. The van der Waals surface area contributed by atoms with Crippen LogP contribution in [0.4, 0.5) is 0 Å². The molecular formula is C115H163N11O14S2. The number of thioether (sulfide) groups is 1. The molecule has 142 heavy (non-hydrogen) atoms. The smallest absolute Gasteiger partial charge is 0.149 e. The average Bonchev–Trinajstić information content (AvgIpc) is 1.52. The number of carbonyl (C=O) groups excluding carboxylic acids is 11. The highest BCUT2D eigenvalue weighted by molar-refractivity contribution is 7.99. The zero-order valence-corrected chi connectivity index (χ0v) is 92.0. The van der Waals surface area contributed by atoms with E-state index in [1.807, 2.05) is 220 Å². The summed E-state index contributed by atoms with van der Waals surface area (Å²) in [7, 11) is 24.2. The number of ether oxygens (including phenoxy) is 1. The summed E-state index contributed by atoms with van der Waals surface area (Å²) < 4.78 is 18.2. The number of ketones is 11. The first-order valence-electron chi connectivity index (χ1n) is 48.8. The van der Waals surface area contributed by atoms with E-state index in [-0.39, 0.29) is 110 Å². The average molecular weight is 1990 g/mol. The van der Waals surface area contributed by atoms with E-state index in [1.165, 1.54) is 0 Å². The molecule has 3 aliphatic heterocycles. The van der Waals surface area contributed by atoms with Crippen molar-refractivity contribution in [3.8, 4) is 45.1 Å². The Balaban J connectivity index is 0.000000341. The molecule has 14 rings (SSSR count). The summed E-state index contributed by atoms with van der Waals surface area (Å²) in [5.74, 6) is 7.01. The zero-order valence-electron chi connectivity index (χ0n) is 90.4. The highest BCUT2D eigenvalue weighted by Crippen LogP contribution is 2.51. The molecule has 0 radical (unpaired) electrons. The van der Waals surface area contributed by atoms with E-state index < -0.39 is 0 Å². The highest BCUT2D eigenvalue weighted by atomic mass is 32.2. The molecule has 0 spiro atoms. The number of likely N-dealkylation sites (N-methyl/N-ethyl adjacent to an activating group) is 11. The molecule has 1 aliphatic carbocycles. The Morgan fingerprint density at radius 2 is 0.965 bits per heavy atom. The summed E-state index contributed by atoms with van der Waals surface area (Å²) >= 11 is 3.56. The van der Waals surface area contributed by atoms with Crippen molar-refractivity contribution in [2.24, 2.45) is 0 Å². The van der Waals surface area contributed by atoms with Gasteiger partial charge in [-0.3, -0.25) is 67.4 Å². The van der Waals surface area contributed by atoms with Gasteiger partial charge in [-0.15, -0.1) is 11.8 Å². The van der Waals surface area contributed by atoms with E-state index in [0.29, 0.717) is 37.4 Å². The lowest BCUT2D eigenvalue weighted by atomic mass is 9.95. The minimum atomic E-state index is -0.347. The summed E-state index contributed by atoms with van der Waals surface area (Å²) in [4.78, 5) is 130. The molecular weight excluding hydrogens is 1820 g/mol. The second-order valence-electron chi connectivity index (χ2n) is 37.9. The molecule has 7 N–H and O–H groups in total. The van der Waals surface area contributed by atoms with Crippen molar-refractivity contribution in [3.63, 3.8) is 0 Å². The van der Waals surface area contributed by atoms with Crippen LogP contribution < -0.4 is 42.0 Å². The van der Waals surface area contributed by atoms with Crippen molar-refractivity contribution < 1.29 is 66.3 Å². The van der Waals surface area contributed by atoms with Gasteiger partial charge in [-0.25, -0.2) is 0 Å². The topological polar surface area (TPSA) is 320 Å². The fourth-order valence-electron chi connectivity index (χ4n) is 15.1. The third kappa shape index (κ3) is 38.9. The number of nitrogens with zero attached hydrogens (tertiary/aromatic N) is 4. The van der Waals surface area contributed by atoms with Gasteiger partial charge in [0.2, 0.25) is 0 Å². The van der Waals surface area contributed by atoms with Gasteiger partial charge in [0.25, 0.3) is 0 Å². The molecule has 4 aliphatic rings. The maximum absolute atomic E-state index is 11.6. The quantitative estimate of drug-likeness (QED) is 0.0212. The number of hydrogen-bond acceptors (Lipinski definition) is 27. The molecule has 3 fully saturated rings. The van der Waals surface area contributed by atoms with Gasteiger partial charge in [-0.2, -0.15) is 0 Å². The van der Waals surface area contributed by atoms with Crippen molar-refractivity contribution in [1.82, 2.24) is 56.8 Å². The minimum absolute atomic E-state index is 0.0648. The van der Waals surface area contributed by atoms with Gasteiger partial charge in [0.05, 0.1) is 74.7 Å². The van der Waals surface area contributed by atoms with Crippen LogP contribution in [0, 0.1) is 0 Å². The molecule has 10 aromatic rings. The SMILES string of the molecule is CC(=O)CN(C)C.CC(=O)[C@@H]1CSCN1C.CC(=O)[C@@]1(C)CCCN1C.CC(=O)[C@H](C)N(C)C.CC[C@H](NC)C(C)=O.CC[C@](C)(NC)C(C)=O.CNC(C)(C)C(C)=O.CNC1(C(C)=O)CC1.CN[C@@H](Cc1ccc(-c2cc3ccccc3o2)cc1)C(C)=O.CN[C@@H](Cc1ccc(-c2cccc3c2Oc2ccccc2S3)cc1)C(C)=O.CN[C@@H](Cc1ccc(-c2cccc3c2oc2ccccc23)cc1)C(C)=O. The van der Waals surface area contributed by atoms with Gasteiger partial charge in [0.1, 0.15) is 97.6 Å². The van der Waals surface area contributed by atoms with E-state index >= 15 is 0 Å². The molecule has 5 heterocycles. The van der Waals surface area contributed by atoms with Crippen LogP contribution in [-0.2, 0) is 72.0 Å². The van der Waals surface area contributed by atoms with Crippen molar-refractivity contribution >= 4 is 120 Å². The van der Waals surface area contributed by atoms with Gasteiger partial charge < -0.3 is 55.7 Å². The fraction of sp³-hybridized carbons (Fsp3) is 0.470. The first-order valence-corrected chi connectivity index (χ1v) is 50.8. The van der Waals surface area contributed by atoms with E-state index in [1.54, 1.807) is 102 Å². The molecule has 0 unspecified atom stereocenters. The Labute approximate surface area is 854 Å². The third-order valence-electron chi connectivity index (χ3n) is 26.6. The van der Waals surface area contributed by atoms with Crippen LogP contribution in [0.15, 0.2) is 207 Å². The number of para-hydroxylation sites is 5. The number of fused-ring (bicyclic) bond motifs is 6. The lowest BCUT2D eigenvalue weighted by Crippen LogP contribution is -2.45. The van der Waals surface area contributed by atoms with Crippen molar-refractivity contribution in [1.29, 1.82) is 0 Å². The van der Waals surface area contributed by atoms with Crippen molar-refractivity contribution in [3.05, 3.63) is 205 Å². The highest BCUT2D eigenvalue weighted by Gasteiger charge is 2.45. The van der Waals surface area contributed by atoms with Gasteiger partial charge in [0, 0.05) is 44.5 Å². The molecule has 0 amide bonds. The van der Waals surface area contributed by atoms with Crippen molar-refractivity contribution in [2.45, 2.75) is 251 Å². The lowest BCUT2D eigenvalue weighted by Gasteiger charge is -2.28. The number of hydrogen-bond donors (Lipinski definition) is 7.